The summed E-state index contributed by atoms with van der Waals surface area (Å²) in [6.07, 6.45) is 0.732. The third-order valence-corrected chi connectivity index (χ3v) is 12.2. The summed E-state index contributed by atoms with van der Waals surface area (Å²) in [5.74, 6) is -2.93. The average molecular weight is 636 g/mol. The summed E-state index contributed by atoms with van der Waals surface area (Å²) in [6.45, 7) is 2.30. The predicted molar refractivity (Wildman–Crippen MR) is 161 cm³/mol. The lowest BCUT2D eigenvalue weighted by Gasteiger charge is -2.43. The molecule has 4 aliphatic rings. The lowest BCUT2D eigenvalue weighted by Crippen LogP contribution is -2.42. The largest absolute Gasteiger partial charge is 0.489 e. The van der Waals surface area contributed by atoms with E-state index in [-0.39, 0.29) is 71.4 Å². The van der Waals surface area contributed by atoms with Gasteiger partial charge in [0.05, 0.1) is 21.8 Å². The molecule has 228 valence electrons. The standard InChI is InChI=1S/C31H29N3O8S2/c1-14-4-2-5-15(10-14)13-42-20-8-7-16(34(40)41)11-17(20)22-23-18-12-19(26(23)43-28-27(22)44-31(39)32-28)25-24(18)29(37)33(30(25)38)9-3-6-21(35)36/h2,4-5,7-8,10-11,18-19,22-26H,3,6,9,12-13H2,1H3,(H,32,39)(H,35,36)/t18?,19?,22-,23?,24?,25?,26?/m1/s1. The molecule has 2 saturated carbocycles. The van der Waals surface area contributed by atoms with Crippen LogP contribution in [0.2, 0.25) is 0 Å². The van der Waals surface area contributed by atoms with Crippen molar-refractivity contribution in [1.82, 2.24) is 9.88 Å². The zero-order valence-corrected chi connectivity index (χ0v) is 25.3. The van der Waals surface area contributed by atoms with Crippen LogP contribution < -0.4 is 9.61 Å². The number of nitrogens with one attached hydrogen (secondary N) is 1. The van der Waals surface area contributed by atoms with Crippen LogP contribution >= 0.6 is 23.1 Å². The number of fused-ring (bicyclic) bond motifs is 9. The third kappa shape index (κ3) is 4.64. The van der Waals surface area contributed by atoms with E-state index in [0.717, 1.165) is 27.3 Å². The number of aromatic nitrogens is 1. The highest BCUT2D eigenvalue weighted by atomic mass is 32.2. The topological polar surface area (TPSA) is 160 Å². The summed E-state index contributed by atoms with van der Waals surface area (Å²) in [5.41, 5.74) is 2.52. The molecule has 7 atom stereocenters. The molecule has 1 saturated heterocycles. The number of carboxylic acid groups (broad SMARTS) is 1. The zero-order valence-electron chi connectivity index (χ0n) is 23.6. The fourth-order valence-electron chi connectivity index (χ4n) is 8.02. The summed E-state index contributed by atoms with van der Waals surface area (Å²) in [6, 6.07) is 12.4. The number of ether oxygens (including phenoxy) is 1. The Bertz CT molecular complexity index is 1770. The Morgan fingerprint density at radius 3 is 2.64 bits per heavy atom. The second-order valence-corrected chi connectivity index (χ2v) is 14.2. The number of nitrogens with zero attached hydrogens (tertiary/aromatic N) is 2. The van der Waals surface area contributed by atoms with Gasteiger partial charge >= 0.3 is 10.8 Å². The maximum atomic E-state index is 13.7. The Hall–Kier alpha value is -3.97. The summed E-state index contributed by atoms with van der Waals surface area (Å²) in [7, 11) is 0. The first-order valence-corrected chi connectivity index (χ1v) is 16.3. The highest BCUT2D eigenvalue weighted by Gasteiger charge is 2.69. The molecular weight excluding hydrogens is 606 g/mol. The molecule has 7 rings (SSSR count). The predicted octanol–water partition coefficient (Wildman–Crippen LogP) is 4.57. The maximum absolute atomic E-state index is 13.7. The monoisotopic (exact) mass is 635 g/mol. The number of benzene rings is 2. The molecular formula is C31H29N3O8S2. The van der Waals surface area contributed by atoms with Crippen molar-refractivity contribution in [1.29, 1.82) is 0 Å². The minimum Gasteiger partial charge on any atom is -0.489 e. The minimum atomic E-state index is -0.980. The molecule has 1 aromatic heterocycles. The normalized spacial score (nSPS) is 28.1. The number of non-ortho nitro benzene ring substituents is 1. The van der Waals surface area contributed by atoms with Gasteiger partial charge in [0.1, 0.15) is 12.4 Å². The first-order valence-electron chi connectivity index (χ1n) is 14.6. The minimum absolute atomic E-state index is 0.0742. The number of carbonyl (C=O) groups excluding carboxylic acids is 2. The molecule has 2 amide bonds. The van der Waals surface area contributed by atoms with Crippen molar-refractivity contribution in [2.75, 3.05) is 6.54 Å². The first-order chi connectivity index (χ1) is 21.1. The van der Waals surface area contributed by atoms with Crippen molar-refractivity contribution in [3.63, 3.8) is 0 Å². The number of H-pyrrole nitrogens is 1. The van der Waals surface area contributed by atoms with E-state index in [1.54, 1.807) is 6.07 Å². The summed E-state index contributed by atoms with van der Waals surface area (Å²) in [5, 5.41) is 21.6. The van der Waals surface area contributed by atoms with Crippen LogP contribution in [0.5, 0.6) is 5.75 Å². The molecule has 3 aromatic rings. The number of rotatable bonds is 9. The molecule has 13 heteroatoms. The number of aliphatic carboxylic acids is 1. The second-order valence-electron chi connectivity index (χ2n) is 12.0. The number of thioether (sulfide) groups is 1. The average Bonchev–Trinajstić information content (AvgIpc) is 3.71. The lowest BCUT2D eigenvalue weighted by atomic mass is 9.68. The number of aromatic amines is 1. The fourth-order valence-corrected chi connectivity index (χ4v) is 10.9. The van der Waals surface area contributed by atoms with Crippen LogP contribution in [0.3, 0.4) is 0 Å². The molecule has 0 radical (unpaired) electrons. The zero-order chi connectivity index (χ0) is 30.9. The summed E-state index contributed by atoms with van der Waals surface area (Å²) in [4.78, 5) is 67.2. The van der Waals surface area contributed by atoms with Gasteiger partial charge in [-0.2, -0.15) is 0 Å². The highest BCUT2D eigenvalue weighted by Crippen LogP contribution is 2.69. The van der Waals surface area contributed by atoms with Crippen molar-refractivity contribution in [3.8, 4) is 5.75 Å². The van der Waals surface area contributed by atoms with Crippen LogP contribution in [0, 0.1) is 46.6 Å². The lowest BCUT2D eigenvalue weighted by molar-refractivity contribution is -0.385. The molecule has 44 heavy (non-hydrogen) atoms. The van der Waals surface area contributed by atoms with Gasteiger partial charge in [-0.3, -0.25) is 34.2 Å². The molecule has 2 bridgehead atoms. The van der Waals surface area contributed by atoms with E-state index < -0.39 is 28.6 Å². The van der Waals surface area contributed by atoms with E-state index >= 15 is 0 Å². The number of aryl methyl sites for hydroxylation is 1. The van der Waals surface area contributed by atoms with Gasteiger partial charge in [-0.05, 0) is 49.1 Å². The van der Waals surface area contributed by atoms with Crippen molar-refractivity contribution in [3.05, 3.63) is 83.8 Å². The van der Waals surface area contributed by atoms with Crippen molar-refractivity contribution < 1.29 is 29.2 Å². The van der Waals surface area contributed by atoms with Crippen molar-refractivity contribution in [2.24, 2.45) is 29.6 Å². The van der Waals surface area contributed by atoms with Gasteiger partial charge in [-0.25, -0.2) is 0 Å². The number of nitro groups is 1. The van der Waals surface area contributed by atoms with Gasteiger partial charge in [0, 0.05) is 46.7 Å². The number of thiazole rings is 1. The van der Waals surface area contributed by atoms with Gasteiger partial charge in [0.15, 0.2) is 0 Å². The first kappa shape index (κ1) is 28.8. The third-order valence-electron chi connectivity index (χ3n) is 9.60. The van der Waals surface area contributed by atoms with E-state index in [1.807, 2.05) is 31.2 Å². The van der Waals surface area contributed by atoms with E-state index in [1.165, 1.54) is 28.8 Å². The van der Waals surface area contributed by atoms with Crippen molar-refractivity contribution in [2.45, 2.75) is 49.0 Å². The van der Waals surface area contributed by atoms with Crippen LogP contribution in [0.15, 0.2) is 52.3 Å². The summed E-state index contributed by atoms with van der Waals surface area (Å²) < 4.78 is 6.33. The molecule has 11 nitrogen and oxygen atoms in total. The Morgan fingerprint density at radius 2 is 1.91 bits per heavy atom. The Labute approximate surface area is 259 Å². The number of imide groups is 1. The Morgan fingerprint density at radius 1 is 1.14 bits per heavy atom. The number of carbonyl (C=O) groups is 3. The van der Waals surface area contributed by atoms with Crippen LogP contribution in [-0.4, -0.2) is 49.5 Å². The maximum Gasteiger partial charge on any atom is 0.305 e. The quantitative estimate of drug-likeness (QED) is 0.195. The number of amides is 2. The van der Waals surface area contributed by atoms with E-state index in [9.17, 15) is 29.3 Å². The number of likely N-dealkylation sites (tertiary alicyclic amines) is 1. The van der Waals surface area contributed by atoms with Crippen LogP contribution in [0.4, 0.5) is 5.69 Å². The molecule has 0 spiro atoms. The fraction of sp³-hybridized carbons (Fsp3) is 0.419. The smallest absolute Gasteiger partial charge is 0.305 e. The van der Waals surface area contributed by atoms with Crippen LogP contribution in [0.25, 0.3) is 0 Å². The van der Waals surface area contributed by atoms with Crippen LogP contribution in [0.1, 0.15) is 46.7 Å². The Kier molecular flexibility index (Phi) is 7.12. The van der Waals surface area contributed by atoms with Gasteiger partial charge in [0.25, 0.3) is 5.69 Å². The van der Waals surface area contributed by atoms with Gasteiger partial charge in [-0.15, -0.1) is 11.8 Å². The van der Waals surface area contributed by atoms with E-state index in [0.29, 0.717) is 22.8 Å². The van der Waals surface area contributed by atoms with E-state index in [2.05, 4.69) is 4.98 Å². The molecule has 3 heterocycles. The molecule has 2 aliphatic heterocycles. The Balaban J connectivity index is 1.28. The molecule has 2 aromatic carbocycles. The summed E-state index contributed by atoms with van der Waals surface area (Å²) >= 11 is 2.61. The molecule has 6 unspecified atom stereocenters. The molecule has 2 N–H and O–H groups in total. The number of hydrogen-bond acceptors (Lipinski definition) is 9. The number of hydrogen-bond donors (Lipinski definition) is 2. The SMILES string of the molecule is Cc1cccc(COc2ccc([N+](=O)[O-])cc2[C@H]2c3sc(=O)[nH]c3SC3C4CC(C5C(=O)N(CCCC(=O)O)C(=O)C45)C32)c1. The van der Waals surface area contributed by atoms with Crippen LogP contribution in [-0.2, 0) is 21.0 Å². The van der Waals surface area contributed by atoms with Gasteiger partial charge in [-0.1, -0.05) is 41.2 Å². The van der Waals surface area contributed by atoms with Crippen molar-refractivity contribution >= 4 is 46.6 Å². The number of carboxylic acids is 1. The van der Waals surface area contributed by atoms with Gasteiger partial charge in [0.2, 0.25) is 11.8 Å². The molecule has 2 aliphatic carbocycles. The highest BCUT2D eigenvalue weighted by molar-refractivity contribution is 8.00. The van der Waals surface area contributed by atoms with Gasteiger partial charge < -0.3 is 14.8 Å². The molecule has 3 fully saturated rings. The van der Waals surface area contributed by atoms with E-state index in [4.69, 9.17) is 9.84 Å². The number of nitro benzene ring substituents is 1. The second kappa shape index (κ2) is 10.9.